The molecule has 0 heterocycles. The summed E-state index contributed by atoms with van der Waals surface area (Å²) in [7, 11) is 0. The fourth-order valence-corrected chi connectivity index (χ4v) is 3.43. The van der Waals surface area contributed by atoms with Gasteiger partial charge in [0.1, 0.15) is 5.54 Å². The molecule has 0 aliphatic rings. The van der Waals surface area contributed by atoms with Crippen LogP contribution in [-0.2, 0) is 10.3 Å². The van der Waals surface area contributed by atoms with E-state index in [1.54, 1.807) is 0 Å². The first-order chi connectivity index (χ1) is 9.52. The zero-order valence-electron chi connectivity index (χ0n) is 10.8. The predicted molar refractivity (Wildman–Crippen MR) is 86.4 cm³/mol. The summed E-state index contributed by atoms with van der Waals surface area (Å²) in [6.45, 7) is 0. The fourth-order valence-electron chi connectivity index (χ4n) is 1.79. The molecule has 2 aromatic rings. The minimum Gasteiger partial charge on any atom is -0.368 e. The predicted octanol–water partition coefficient (Wildman–Crippen LogP) is 2.88. The van der Waals surface area contributed by atoms with E-state index in [4.69, 9.17) is 11.5 Å². The summed E-state index contributed by atoms with van der Waals surface area (Å²) in [4.78, 5) is 12.8. The Morgan fingerprint density at radius 1 is 1.15 bits per heavy atom. The van der Waals surface area contributed by atoms with E-state index in [9.17, 15) is 4.79 Å². The summed E-state index contributed by atoms with van der Waals surface area (Å²) in [6, 6.07) is 17.1. The number of halogens is 1. The number of primary amides is 1. The molecule has 20 heavy (non-hydrogen) atoms. The molecule has 0 aliphatic carbocycles. The average molecular weight is 351 g/mol. The summed E-state index contributed by atoms with van der Waals surface area (Å²) in [6.07, 6.45) is 0. The molecule has 3 nitrogen and oxygen atoms in total. The average Bonchev–Trinajstić information content (AvgIpc) is 2.45. The third-order valence-electron chi connectivity index (χ3n) is 2.99. The second-order valence-corrected chi connectivity index (χ2v) is 6.41. The second-order valence-electron chi connectivity index (χ2n) is 4.45. The quantitative estimate of drug-likeness (QED) is 0.814. The first-order valence-electron chi connectivity index (χ1n) is 6.05. The molecule has 0 saturated heterocycles. The van der Waals surface area contributed by atoms with Crippen molar-refractivity contribution in [2.24, 2.45) is 11.5 Å². The molecule has 0 saturated carbocycles. The zero-order valence-corrected chi connectivity index (χ0v) is 13.2. The number of carbonyl (C=O) groups is 1. The molecule has 1 amide bonds. The Hall–Kier alpha value is -1.30. The molecule has 104 valence electrons. The Bertz CT molecular complexity index is 606. The maximum Gasteiger partial charge on any atom is 0.243 e. The summed E-state index contributed by atoms with van der Waals surface area (Å²) in [5.41, 5.74) is 11.3. The molecule has 0 radical (unpaired) electrons. The molecule has 1 unspecified atom stereocenters. The van der Waals surface area contributed by atoms with Crippen LogP contribution in [0.25, 0.3) is 0 Å². The van der Waals surface area contributed by atoms with Crippen molar-refractivity contribution in [2.75, 3.05) is 5.75 Å². The Labute approximate surface area is 130 Å². The van der Waals surface area contributed by atoms with Crippen molar-refractivity contribution >= 4 is 33.6 Å². The molecule has 2 rings (SSSR count). The molecule has 0 aromatic heterocycles. The summed E-state index contributed by atoms with van der Waals surface area (Å²) >= 11 is 4.93. The first-order valence-corrected chi connectivity index (χ1v) is 7.83. The van der Waals surface area contributed by atoms with E-state index in [2.05, 4.69) is 15.9 Å². The second kappa shape index (κ2) is 6.43. The van der Waals surface area contributed by atoms with E-state index in [-0.39, 0.29) is 0 Å². The van der Waals surface area contributed by atoms with Gasteiger partial charge in [-0.05, 0) is 23.8 Å². The van der Waals surface area contributed by atoms with Crippen molar-refractivity contribution in [1.82, 2.24) is 0 Å². The van der Waals surface area contributed by atoms with Gasteiger partial charge >= 0.3 is 0 Å². The normalized spacial score (nSPS) is 13.7. The van der Waals surface area contributed by atoms with Crippen molar-refractivity contribution in [2.45, 2.75) is 10.4 Å². The number of carbonyl (C=O) groups excluding carboxylic acids is 1. The Kier molecular flexibility index (Phi) is 4.86. The van der Waals surface area contributed by atoms with Gasteiger partial charge < -0.3 is 11.5 Å². The van der Waals surface area contributed by atoms with Crippen LogP contribution in [0, 0.1) is 0 Å². The molecule has 1 atom stereocenters. The highest BCUT2D eigenvalue weighted by Crippen LogP contribution is 2.29. The largest absolute Gasteiger partial charge is 0.368 e. The van der Waals surface area contributed by atoms with Gasteiger partial charge in [0.2, 0.25) is 5.91 Å². The van der Waals surface area contributed by atoms with E-state index in [0.29, 0.717) is 5.75 Å². The van der Waals surface area contributed by atoms with Crippen LogP contribution >= 0.6 is 27.7 Å². The minimum absolute atomic E-state index is 0.392. The number of thioether (sulfide) groups is 1. The Morgan fingerprint density at radius 2 is 1.85 bits per heavy atom. The van der Waals surface area contributed by atoms with Crippen LogP contribution < -0.4 is 11.5 Å². The molecule has 5 heteroatoms. The van der Waals surface area contributed by atoms with Crippen LogP contribution in [-0.4, -0.2) is 11.7 Å². The van der Waals surface area contributed by atoms with Gasteiger partial charge in [0.25, 0.3) is 0 Å². The van der Waals surface area contributed by atoms with E-state index in [1.807, 2.05) is 54.6 Å². The molecular weight excluding hydrogens is 336 g/mol. The highest BCUT2D eigenvalue weighted by molar-refractivity contribution is 9.10. The summed E-state index contributed by atoms with van der Waals surface area (Å²) in [5, 5.41) is 0. The number of rotatable bonds is 5. The zero-order chi connectivity index (χ0) is 14.6. The molecule has 0 spiro atoms. The standard InChI is InChI=1S/C15H15BrN2OS/c16-12-7-4-8-13(9-12)20-10-15(18,14(17)19)11-5-2-1-3-6-11/h1-9H,10,18H2,(H2,17,19). The first kappa shape index (κ1) is 15.1. The van der Waals surface area contributed by atoms with Gasteiger partial charge in [-0.15, -0.1) is 11.8 Å². The van der Waals surface area contributed by atoms with Crippen LogP contribution in [0.5, 0.6) is 0 Å². The topological polar surface area (TPSA) is 69.1 Å². The van der Waals surface area contributed by atoms with Crippen molar-refractivity contribution in [3.8, 4) is 0 Å². The highest BCUT2D eigenvalue weighted by atomic mass is 79.9. The van der Waals surface area contributed by atoms with Crippen molar-refractivity contribution in [1.29, 1.82) is 0 Å². The molecular formula is C15H15BrN2OS. The van der Waals surface area contributed by atoms with Gasteiger partial charge in [0.05, 0.1) is 0 Å². The Morgan fingerprint density at radius 3 is 2.45 bits per heavy atom. The van der Waals surface area contributed by atoms with Crippen LogP contribution in [0.1, 0.15) is 5.56 Å². The SMILES string of the molecule is NC(=O)C(N)(CSc1cccc(Br)c1)c1ccccc1. The molecule has 0 bridgehead atoms. The van der Waals surface area contributed by atoms with E-state index in [1.165, 1.54) is 11.8 Å². The lowest BCUT2D eigenvalue weighted by atomic mass is 9.92. The number of nitrogens with two attached hydrogens (primary N) is 2. The van der Waals surface area contributed by atoms with Gasteiger partial charge in [-0.3, -0.25) is 4.79 Å². The van der Waals surface area contributed by atoms with Crippen molar-refractivity contribution in [3.63, 3.8) is 0 Å². The minimum atomic E-state index is -1.17. The third-order valence-corrected chi connectivity index (χ3v) is 4.67. The number of hydrogen-bond donors (Lipinski definition) is 2. The lowest BCUT2D eigenvalue weighted by Crippen LogP contribution is -2.51. The van der Waals surface area contributed by atoms with Crippen molar-refractivity contribution in [3.05, 3.63) is 64.6 Å². The van der Waals surface area contributed by atoms with Crippen LogP contribution in [0.3, 0.4) is 0 Å². The van der Waals surface area contributed by atoms with Crippen molar-refractivity contribution < 1.29 is 4.79 Å². The fraction of sp³-hybridized carbons (Fsp3) is 0.133. The van der Waals surface area contributed by atoms with E-state index < -0.39 is 11.4 Å². The lowest BCUT2D eigenvalue weighted by molar-refractivity contribution is -0.122. The van der Waals surface area contributed by atoms with Crippen LogP contribution in [0.2, 0.25) is 0 Å². The van der Waals surface area contributed by atoms with Gasteiger partial charge in [-0.25, -0.2) is 0 Å². The molecule has 4 N–H and O–H groups in total. The highest BCUT2D eigenvalue weighted by Gasteiger charge is 2.34. The molecule has 2 aromatic carbocycles. The smallest absolute Gasteiger partial charge is 0.243 e. The number of benzene rings is 2. The van der Waals surface area contributed by atoms with Gasteiger partial charge in [-0.1, -0.05) is 52.3 Å². The molecule has 0 aliphatic heterocycles. The maximum atomic E-state index is 11.8. The monoisotopic (exact) mass is 350 g/mol. The van der Waals surface area contributed by atoms with Gasteiger partial charge in [0.15, 0.2) is 0 Å². The van der Waals surface area contributed by atoms with Crippen LogP contribution in [0.4, 0.5) is 0 Å². The van der Waals surface area contributed by atoms with Gasteiger partial charge in [0, 0.05) is 15.1 Å². The molecule has 0 fully saturated rings. The number of hydrogen-bond acceptors (Lipinski definition) is 3. The summed E-state index contributed by atoms with van der Waals surface area (Å²) < 4.78 is 0.990. The van der Waals surface area contributed by atoms with Gasteiger partial charge in [-0.2, -0.15) is 0 Å². The third kappa shape index (κ3) is 3.42. The van der Waals surface area contributed by atoms with E-state index in [0.717, 1.165) is 14.9 Å². The number of amides is 1. The van der Waals surface area contributed by atoms with Crippen LogP contribution in [0.15, 0.2) is 64.0 Å². The maximum absolute atomic E-state index is 11.8. The Balaban J connectivity index is 2.20. The van der Waals surface area contributed by atoms with E-state index >= 15 is 0 Å². The summed E-state index contributed by atoms with van der Waals surface area (Å²) in [5.74, 6) is -0.130. The lowest BCUT2D eigenvalue weighted by Gasteiger charge is -2.26.